The van der Waals surface area contributed by atoms with Gasteiger partial charge in [0.15, 0.2) is 11.6 Å². The molecule has 8 heteroatoms. The Morgan fingerprint density at radius 3 is 2.71 bits per heavy atom. The number of ether oxygens (including phenoxy) is 1. The minimum absolute atomic E-state index is 0.334. The Hall–Kier alpha value is -3.29. The molecule has 0 saturated carbocycles. The summed E-state index contributed by atoms with van der Waals surface area (Å²) in [7, 11) is 1.16. The van der Waals surface area contributed by atoms with E-state index in [-0.39, 0.29) is 0 Å². The van der Waals surface area contributed by atoms with Crippen LogP contribution in [0.5, 0.6) is 5.75 Å². The van der Waals surface area contributed by atoms with Gasteiger partial charge in [0, 0.05) is 11.3 Å². The molecule has 1 heterocycles. The van der Waals surface area contributed by atoms with E-state index in [0.717, 1.165) is 19.2 Å². The number of benzene rings is 2. The van der Waals surface area contributed by atoms with Gasteiger partial charge in [0.1, 0.15) is 11.4 Å². The van der Waals surface area contributed by atoms with E-state index in [2.05, 4.69) is 20.0 Å². The van der Waals surface area contributed by atoms with Gasteiger partial charge >= 0.3 is 0 Å². The van der Waals surface area contributed by atoms with Gasteiger partial charge in [0.05, 0.1) is 7.11 Å². The molecule has 0 bridgehead atoms. The standard InChI is InChI=1S/C16H11F2N3O3/c1-23-14-12(18)6-5-11(17)13(14)16(22)20-10-4-2-3-9(7-10)15-19-8-24-21-15/h2-8H,1H3,(H,20,22). The van der Waals surface area contributed by atoms with Gasteiger partial charge in [-0.25, -0.2) is 8.78 Å². The van der Waals surface area contributed by atoms with E-state index in [1.54, 1.807) is 24.3 Å². The minimum atomic E-state index is -0.889. The van der Waals surface area contributed by atoms with E-state index in [1.165, 1.54) is 6.39 Å². The smallest absolute Gasteiger partial charge is 0.262 e. The molecule has 0 radical (unpaired) electrons. The number of hydrogen-bond donors (Lipinski definition) is 1. The third-order valence-corrected chi connectivity index (χ3v) is 3.23. The maximum Gasteiger partial charge on any atom is 0.262 e. The number of nitrogens with one attached hydrogen (secondary N) is 1. The van der Waals surface area contributed by atoms with Crippen LogP contribution in [-0.4, -0.2) is 23.2 Å². The lowest BCUT2D eigenvalue weighted by atomic mass is 10.1. The van der Waals surface area contributed by atoms with E-state index in [9.17, 15) is 13.6 Å². The average molecular weight is 331 g/mol. The summed E-state index contributed by atoms with van der Waals surface area (Å²) in [5.41, 5.74) is 0.434. The van der Waals surface area contributed by atoms with Crippen LogP contribution in [0.3, 0.4) is 0 Å². The first kappa shape index (κ1) is 15.6. The van der Waals surface area contributed by atoms with Gasteiger partial charge in [-0.1, -0.05) is 17.3 Å². The second-order valence-electron chi connectivity index (χ2n) is 4.73. The highest BCUT2D eigenvalue weighted by Crippen LogP contribution is 2.27. The van der Waals surface area contributed by atoms with E-state index >= 15 is 0 Å². The van der Waals surface area contributed by atoms with E-state index in [0.29, 0.717) is 17.1 Å². The maximum atomic E-state index is 13.9. The molecule has 0 unspecified atom stereocenters. The topological polar surface area (TPSA) is 77.2 Å². The number of aromatic nitrogens is 2. The predicted molar refractivity (Wildman–Crippen MR) is 80.6 cm³/mol. The quantitative estimate of drug-likeness (QED) is 0.794. The van der Waals surface area contributed by atoms with Crippen molar-refractivity contribution in [1.29, 1.82) is 0 Å². The van der Waals surface area contributed by atoms with Crippen molar-refractivity contribution in [1.82, 2.24) is 10.1 Å². The van der Waals surface area contributed by atoms with Crippen molar-refractivity contribution in [3.63, 3.8) is 0 Å². The number of hydrogen-bond acceptors (Lipinski definition) is 5. The highest BCUT2D eigenvalue weighted by Gasteiger charge is 2.21. The SMILES string of the molecule is COc1c(F)ccc(F)c1C(=O)Nc1cccc(-c2ncon2)c1. The van der Waals surface area contributed by atoms with Crippen LogP contribution in [0.2, 0.25) is 0 Å². The van der Waals surface area contributed by atoms with Crippen LogP contribution in [0.4, 0.5) is 14.5 Å². The number of methoxy groups -OCH3 is 1. The second kappa shape index (κ2) is 6.45. The van der Waals surface area contributed by atoms with Crippen molar-refractivity contribution in [3.8, 4) is 17.1 Å². The largest absolute Gasteiger partial charge is 0.493 e. The summed E-state index contributed by atoms with van der Waals surface area (Å²) in [6, 6.07) is 8.28. The average Bonchev–Trinajstić information content (AvgIpc) is 3.11. The highest BCUT2D eigenvalue weighted by atomic mass is 19.1. The Morgan fingerprint density at radius 1 is 1.21 bits per heavy atom. The van der Waals surface area contributed by atoms with Crippen molar-refractivity contribution in [2.75, 3.05) is 12.4 Å². The molecule has 122 valence electrons. The van der Waals surface area contributed by atoms with E-state index < -0.39 is 28.9 Å². The number of amides is 1. The molecule has 0 aliphatic heterocycles. The maximum absolute atomic E-state index is 13.9. The molecular formula is C16H11F2N3O3. The van der Waals surface area contributed by atoms with Crippen molar-refractivity contribution in [2.45, 2.75) is 0 Å². The molecular weight excluding hydrogens is 320 g/mol. The Balaban J connectivity index is 1.91. The summed E-state index contributed by atoms with van der Waals surface area (Å²) in [6.07, 6.45) is 1.17. The number of anilines is 1. The number of carbonyl (C=O) groups excluding carboxylic acids is 1. The third-order valence-electron chi connectivity index (χ3n) is 3.23. The number of carbonyl (C=O) groups is 1. The first-order valence-corrected chi connectivity index (χ1v) is 6.80. The van der Waals surface area contributed by atoms with Crippen molar-refractivity contribution in [2.24, 2.45) is 0 Å². The Kier molecular flexibility index (Phi) is 4.19. The van der Waals surface area contributed by atoms with Crippen LogP contribution < -0.4 is 10.1 Å². The van der Waals surface area contributed by atoms with Crippen LogP contribution >= 0.6 is 0 Å². The van der Waals surface area contributed by atoms with Crippen LogP contribution in [0.15, 0.2) is 47.3 Å². The summed E-state index contributed by atoms with van der Waals surface area (Å²) >= 11 is 0. The fourth-order valence-corrected chi connectivity index (χ4v) is 2.17. The predicted octanol–water partition coefficient (Wildman–Crippen LogP) is 3.28. The second-order valence-corrected chi connectivity index (χ2v) is 4.73. The lowest BCUT2D eigenvalue weighted by molar-refractivity contribution is 0.101. The van der Waals surface area contributed by atoms with Crippen LogP contribution in [0, 0.1) is 11.6 Å². The third kappa shape index (κ3) is 2.94. The normalized spacial score (nSPS) is 10.5. The summed E-state index contributed by atoms with van der Waals surface area (Å²) in [6.45, 7) is 0. The molecule has 6 nitrogen and oxygen atoms in total. The van der Waals surface area contributed by atoms with Crippen LogP contribution in [0.1, 0.15) is 10.4 Å². The fraction of sp³-hybridized carbons (Fsp3) is 0.0625. The molecule has 1 amide bonds. The molecule has 0 saturated heterocycles. The van der Waals surface area contributed by atoms with Gasteiger partial charge in [-0.2, -0.15) is 4.98 Å². The van der Waals surface area contributed by atoms with Gasteiger partial charge in [0.2, 0.25) is 12.2 Å². The van der Waals surface area contributed by atoms with Gasteiger partial charge in [0.25, 0.3) is 5.91 Å². The Bertz CT molecular complexity index is 882. The van der Waals surface area contributed by atoms with Gasteiger partial charge < -0.3 is 14.6 Å². The summed E-state index contributed by atoms with van der Waals surface area (Å²) < 4.78 is 37.1. The summed E-state index contributed by atoms with van der Waals surface area (Å²) in [5, 5.41) is 6.18. The summed E-state index contributed by atoms with van der Waals surface area (Å²) in [4.78, 5) is 16.2. The molecule has 0 fully saturated rings. The van der Waals surface area contributed by atoms with Gasteiger partial charge in [-0.3, -0.25) is 4.79 Å². The minimum Gasteiger partial charge on any atom is -0.493 e. The first-order valence-electron chi connectivity index (χ1n) is 6.80. The molecule has 2 aromatic carbocycles. The zero-order valence-electron chi connectivity index (χ0n) is 12.4. The van der Waals surface area contributed by atoms with Crippen molar-refractivity contribution < 1.29 is 22.8 Å². The monoisotopic (exact) mass is 331 g/mol. The number of nitrogens with zero attached hydrogens (tertiary/aromatic N) is 2. The van der Waals surface area contributed by atoms with E-state index in [4.69, 9.17) is 4.74 Å². The molecule has 24 heavy (non-hydrogen) atoms. The fourth-order valence-electron chi connectivity index (χ4n) is 2.17. The molecule has 3 rings (SSSR count). The molecule has 0 aliphatic rings. The lowest BCUT2D eigenvalue weighted by Crippen LogP contribution is -2.16. The molecule has 1 N–H and O–H groups in total. The first-order chi connectivity index (χ1) is 11.6. The zero-order valence-corrected chi connectivity index (χ0v) is 12.4. The molecule has 3 aromatic rings. The molecule has 0 spiro atoms. The van der Waals surface area contributed by atoms with Crippen molar-refractivity contribution in [3.05, 3.63) is 60.0 Å². The lowest BCUT2D eigenvalue weighted by Gasteiger charge is -2.11. The Labute approximate surface area is 135 Å². The van der Waals surface area contributed by atoms with Crippen LogP contribution in [-0.2, 0) is 0 Å². The molecule has 0 atom stereocenters. The van der Waals surface area contributed by atoms with Gasteiger partial charge in [-0.05, 0) is 24.3 Å². The van der Waals surface area contributed by atoms with Crippen molar-refractivity contribution >= 4 is 11.6 Å². The highest BCUT2D eigenvalue weighted by molar-refractivity contribution is 6.06. The summed E-state index contributed by atoms with van der Waals surface area (Å²) in [5.74, 6) is -2.68. The van der Waals surface area contributed by atoms with E-state index in [1.807, 2.05) is 0 Å². The zero-order chi connectivity index (χ0) is 17.1. The number of rotatable bonds is 4. The number of halogens is 2. The molecule has 0 aliphatic carbocycles. The molecule has 1 aromatic heterocycles. The Morgan fingerprint density at radius 2 is 2.00 bits per heavy atom. The van der Waals surface area contributed by atoms with Crippen LogP contribution in [0.25, 0.3) is 11.4 Å². The van der Waals surface area contributed by atoms with Gasteiger partial charge in [-0.15, -0.1) is 0 Å².